The largest absolute Gasteiger partial charge is 0.453 e. The molecule has 6 nitrogen and oxygen atoms in total. The van der Waals surface area contributed by atoms with Crippen LogP contribution in [0.15, 0.2) is 0 Å². The van der Waals surface area contributed by atoms with Crippen LogP contribution in [0.2, 0.25) is 0 Å². The van der Waals surface area contributed by atoms with E-state index in [0.29, 0.717) is 6.54 Å². The number of hydrogen-bond donors (Lipinski definition) is 2. The highest BCUT2D eigenvalue weighted by Crippen LogP contribution is 2.09. The van der Waals surface area contributed by atoms with E-state index in [4.69, 9.17) is 0 Å². The van der Waals surface area contributed by atoms with Crippen LogP contribution in [0.25, 0.3) is 0 Å². The third kappa shape index (κ3) is 4.48. The van der Waals surface area contributed by atoms with Crippen LogP contribution in [-0.2, 0) is 15.4 Å². The molecule has 1 amide bonds. The van der Waals surface area contributed by atoms with Crippen molar-refractivity contribution < 1.29 is 17.9 Å². The third-order valence-corrected chi connectivity index (χ3v) is 2.96. The molecule has 1 heterocycles. The van der Waals surface area contributed by atoms with Crippen LogP contribution < -0.4 is 5.32 Å². The number of carbonyl (C=O) groups is 1. The number of methoxy groups -OCH3 is 1. The van der Waals surface area contributed by atoms with Crippen molar-refractivity contribution in [2.45, 2.75) is 18.9 Å². The van der Waals surface area contributed by atoms with Gasteiger partial charge in [-0.15, -0.1) is 0 Å². The lowest BCUT2D eigenvalue weighted by molar-refractivity contribution is 0.153. The maximum Gasteiger partial charge on any atom is 0.407 e. The van der Waals surface area contributed by atoms with Crippen molar-refractivity contribution in [1.29, 1.82) is 0 Å². The summed E-state index contributed by atoms with van der Waals surface area (Å²) in [5.74, 6) is 0.0642. The first-order valence-electron chi connectivity index (χ1n) is 4.80. The number of rotatable bonds is 3. The minimum Gasteiger partial charge on any atom is -0.453 e. The smallest absolute Gasteiger partial charge is 0.407 e. The van der Waals surface area contributed by atoms with E-state index in [1.807, 2.05) is 4.90 Å². The van der Waals surface area contributed by atoms with Gasteiger partial charge in [-0.1, -0.05) is 0 Å². The van der Waals surface area contributed by atoms with E-state index in [1.54, 1.807) is 0 Å². The van der Waals surface area contributed by atoms with Gasteiger partial charge in [0.15, 0.2) is 10.7 Å². The highest BCUT2D eigenvalue weighted by Gasteiger charge is 2.21. The molecule has 88 valence electrons. The van der Waals surface area contributed by atoms with Crippen molar-refractivity contribution in [2.75, 3.05) is 26.1 Å². The molecule has 0 bridgehead atoms. The zero-order chi connectivity index (χ0) is 11.3. The standard InChI is InChI=1S/C8H16N2O4S/c1-14-8(11)9-7-3-2-4-10(5-7)6-15(12)13/h7,15H,2-6H2,1H3,(H,9,11). The van der Waals surface area contributed by atoms with Crippen LogP contribution in [0.5, 0.6) is 0 Å². The molecule has 1 aliphatic rings. The average Bonchev–Trinajstić information content (AvgIpc) is 2.17. The van der Waals surface area contributed by atoms with E-state index >= 15 is 0 Å². The Morgan fingerprint density at radius 3 is 2.93 bits per heavy atom. The molecule has 1 fully saturated rings. The Balaban J connectivity index is 2.38. The van der Waals surface area contributed by atoms with Crippen LogP contribution in [0.1, 0.15) is 12.8 Å². The number of thiol groups is 1. The third-order valence-electron chi connectivity index (χ3n) is 2.33. The SMILES string of the molecule is COC(=O)NC1CCCN(C[SH](=O)=O)C1. The average molecular weight is 236 g/mol. The van der Waals surface area contributed by atoms with E-state index in [9.17, 15) is 13.2 Å². The van der Waals surface area contributed by atoms with Gasteiger partial charge in [-0.25, -0.2) is 13.2 Å². The van der Waals surface area contributed by atoms with Gasteiger partial charge >= 0.3 is 6.09 Å². The van der Waals surface area contributed by atoms with Crippen molar-refractivity contribution in [3.8, 4) is 0 Å². The van der Waals surface area contributed by atoms with Gasteiger partial charge < -0.3 is 10.1 Å². The van der Waals surface area contributed by atoms with Gasteiger partial charge in [0.25, 0.3) is 0 Å². The number of likely N-dealkylation sites (tertiary alicyclic amines) is 1. The summed E-state index contributed by atoms with van der Waals surface area (Å²) in [6, 6.07) is -0.0128. The second-order valence-corrected chi connectivity index (χ2v) is 4.47. The molecule has 1 saturated heterocycles. The Morgan fingerprint density at radius 2 is 2.33 bits per heavy atom. The van der Waals surface area contributed by atoms with Gasteiger partial charge in [0.1, 0.15) is 0 Å². The number of hydrogen-bond acceptors (Lipinski definition) is 5. The minimum absolute atomic E-state index is 0.0128. The number of amides is 1. The fourth-order valence-corrected chi connectivity index (χ4v) is 2.27. The van der Waals surface area contributed by atoms with Gasteiger partial charge in [0.05, 0.1) is 13.0 Å². The van der Waals surface area contributed by atoms with Crippen molar-refractivity contribution in [2.24, 2.45) is 0 Å². The molecule has 1 rings (SSSR count). The maximum atomic E-state index is 10.9. The first-order valence-corrected chi connectivity index (χ1v) is 6.16. The summed E-state index contributed by atoms with van der Waals surface area (Å²) in [6.07, 6.45) is 1.28. The lowest BCUT2D eigenvalue weighted by atomic mass is 10.1. The van der Waals surface area contributed by atoms with Crippen molar-refractivity contribution >= 4 is 16.8 Å². The normalized spacial score (nSPS) is 22.7. The summed E-state index contributed by atoms with van der Waals surface area (Å²) in [7, 11) is -1.07. The van der Waals surface area contributed by atoms with Crippen LogP contribution in [0.3, 0.4) is 0 Å². The lowest BCUT2D eigenvalue weighted by Gasteiger charge is -2.31. The van der Waals surface area contributed by atoms with Gasteiger partial charge in [0.2, 0.25) is 0 Å². The van der Waals surface area contributed by atoms with Gasteiger partial charge in [-0.3, -0.25) is 4.90 Å². The lowest BCUT2D eigenvalue weighted by Crippen LogP contribution is -2.48. The van der Waals surface area contributed by atoms with Crippen LogP contribution in [-0.4, -0.2) is 51.5 Å². The highest BCUT2D eigenvalue weighted by molar-refractivity contribution is 7.72. The van der Waals surface area contributed by atoms with Crippen molar-refractivity contribution in [3.63, 3.8) is 0 Å². The molecule has 1 N–H and O–H groups in total. The molecule has 7 heteroatoms. The van der Waals surface area contributed by atoms with Gasteiger partial charge in [0, 0.05) is 12.6 Å². The predicted octanol–water partition coefficient (Wildman–Crippen LogP) is -0.624. The van der Waals surface area contributed by atoms with Crippen LogP contribution in [0, 0.1) is 0 Å². The Hall–Kier alpha value is -0.820. The number of ether oxygens (including phenoxy) is 1. The molecule has 1 unspecified atom stereocenters. The summed E-state index contributed by atoms with van der Waals surface area (Å²) in [5.41, 5.74) is 0. The number of carbonyl (C=O) groups excluding carboxylic acids is 1. The summed E-state index contributed by atoms with van der Waals surface area (Å²) < 4.78 is 25.6. The molecule has 0 aromatic rings. The molecular weight excluding hydrogens is 220 g/mol. The Morgan fingerprint density at radius 1 is 1.60 bits per heavy atom. The zero-order valence-electron chi connectivity index (χ0n) is 8.64. The van der Waals surface area contributed by atoms with Crippen molar-refractivity contribution in [1.82, 2.24) is 10.2 Å². The Kier molecular flexibility index (Phi) is 4.83. The molecule has 0 spiro atoms. The Labute approximate surface area is 90.5 Å². The molecular formula is C8H16N2O4S. The molecule has 1 atom stereocenters. The summed E-state index contributed by atoms with van der Waals surface area (Å²) in [5, 5.41) is 2.67. The number of piperidine rings is 1. The number of alkyl carbamates (subject to hydrolysis) is 1. The van der Waals surface area contributed by atoms with Crippen LogP contribution in [0.4, 0.5) is 4.79 Å². The second-order valence-electron chi connectivity index (χ2n) is 3.53. The second kappa shape index (κ2) is 5.92. The molecule has 1 aliphatic heterocycles. The monoisotopic (exact) mass is 236 g/mol. The van der Waals surface area contributed by atoms with E-state index in [-0.39, 0.29) is 11.9 Å². The first-order chi connectivity index (χ1) is 7.11. The quantitative estimate of drug-likeness (QED) is 0.638. The van der Waals surface area contributed by atoms with E-state index in [1.165, 1.54) is 7.11 Å². The molecule has 0 aliphatic carbocycles. The maximum absolute atomic E-state index is 10.9. The highest BCUT2D eigenvalue weighted by atomic mass is 32.2. The topological polar surface area (TPSA) is 75.7 Å². The van der Waals surface area contributed by atoms with E-state index < -0.39 is 16.8 Å². The number of nitrogens with zero attached hydrogens (tertiary/aromatic N) is 1. The molecule has 0 aromatic heterocycles. The van der Waals surface area contributed by atoms with Gasteiger partial charge in [-0.2, -0.15) is 0 Å². The molecule has 0 radical (unpaired) electrons. The minimum atomic E-state index is -2.38. The fourth-order valence-electron chi connectivity index (χ4n) is 1.69. The van der Waals surface area contributed by atoms with Crippen molar-refractivity contribution in [3.05, 3.63) is 0 Å². The molecule has 15 heavy (non-hydrogen) atoms. The first kappa shape index (κ1) is 12.3. The van der Waals surface area contributed by atoms with E-state index in [0.717, 1.165) is 19.4 Å². The summed E-state index contributed by atoms with van der Waals surface area (Å²) in [6.45, 7) is 1.33. The predicted molar refractivity (Wildman–Crippen MR) is 55.3 cm³/mol. The summed E-state index contributed by atoms with van der Waals surface area (Å²) >= 11 is 0. The fraction of sp³-hybridized carbons (Fsp3) is 0.875. The van der Waals surface area contributed by atoms with E-state index in [2.05, 4.69) is 10.1 Å². The van der Waals surface area contributed by atoms with Crippen LogP contribution >= 0.6 is 0 Å². The molecule has 0 saturated carbocycles. The van der Waals surface area contributed by atoms with Gasteiger partial charge in [-0.05, 0) is 19.4 Å². The number of nitrogens with one attached hydrogen (secondary N) is 1. The molecule has 0 aromatic carbocycles. The zero-order valence-corrected chi connectivity index (χ0v) is 9.53. The Bertz CT molecular complexity index is 284. The summed E-state index contributed by atoms with van der Waals surface area (Å²) in [4.78, 5) is 12.8.